The van der Waals surface area contributed by atoms with Gasteiger partial charge in [-0.05, 0) is 25.3 Å². The third kappa shape index (κ3) is 7.04. The molecule has 0 amide bonds. The Hall–Kier alpha value is -0.850. The molecule has 0 heterocycles. The van der Waals surface area contributed by atoms with Gasteiger partial charge in [0.15, 0.2) is 0 Å². The molecule has 0 aromatic carbocycles. The van der Waals surface area contributed by atoms with Crippen molar-refractivity contribution in [3.05, 3.63) is 23.9 Å². The van der Waals surface area contributed by atoms with Gasteiger partial charge in [0.25, 0.3) is 0 Å². The minimum absolute atomic E-state index is 1.05. The van der Waals surface area contributed by atoms with Gasteiger partial charge in [0.05, 0.1) is 0 Å². The van der Waals surface area contributed by atoms with Crippen LogP contribution in [-0.4, -0.2) is 6.21 Å². The third-order valence-corrected chi connectivity index (χ3v) is 1.23. The van der Waals surface area contributed by atoms with Gasteiger partial charge < -0.3 is 0 Å². The Morgan fingerprint density at radius 1 is 1.27 bits per heavy atom. The predicted molar refractivity (Wildman–Crippen MR) is 52.0 cm³/mol. The highest BCUT2D eigenvalue weighted by atomic mass is 14.7. The van der Waals surface area contributed by atoms with Crippen molar-refractivity contribution in [1.82, 2.24) is 0 Å². The van der Waals surface area contributed by atoms with E-state index in [1.165, 1.54) is 5.57 Å². The summed E-state index contributed by atoms with van der Waals surface area (Å²) in [5, 5.41) is 0. The molecule has 0 N–H and O–H groups in total. The van der Waals surface area contributed by atoms with E-state index in [0.717, 1.165) is 12.8 Å². The summed E-state index contributed by atoms with van der Waals surface area (Å²) in [6, 6.07) is 0. The van der Waals surface area contributed by atoms with E-state index in [4.69, 9.17) is 0 Å². The second kappa shape index (κ2) is 7.26. The molecule has 0 radical (unpaired) electrons. The molecule has 0 aromatic rings. The van der Waals surface area contributed by atoms with Crippen LogP contribution in [0.5, 0.6) is 0 Å². The molecule has 0 rings (SSSR count). The first kappa shape index (κ1) is 10.2. The standard InChI is InChI=1S/C10H17N/c1-4-6-8-11-9-10(3)7-5-2/h6-9H,4-5H2,1-3H3/b8-6+,10-7?,11-9?. The first-order chi connectivity index (χ1) is 5.31. The molecule has 0 atom stereocenters. The van der Waals surface area contributed by atoms with E-state index in [-0.39, 0.29) is 0 Å². The molecule has 0 spiro atoms. The lowest BCUT2D eigenvalue weighted by atomic mass is 10.3. The number of nitrogens with zero attached hydrogens (tertiary/aromatic N) is 1. The van der Waals surface area contributed by atoms with Crippen LogP contribution in [-0.2, 0) is 0 Å². The van der Waals surface area contributed by atoms with Crippen LogP contribution in [0.1, 0.15) is 33.6 Å². The highest BCUT2D eigenvalue weighted by molar-refractivity contribution is 5.77. The maximum Gasteiger partial charge on any atom is 0.0293 e. The van der Waals surface area contributed by atoms with Gasteiger partial charge in [-0.15, -0.1) is 0 Å². The first-order valence-electron chi connectivity index (χ1n) is 4.16. The fourth-order valence-electron chi connectivity index (χ4n) is 0.702. The summed E-state index contributed by atoms with van der Waals surface area (Å²) in [6.07, 6.45) is 10.0. The largest absolute Gasteiger partial charge is 0.265 e. The summed E-state index contributed by atoms with van der Waals surface area (Å²) in [5.41, 5.74) is 1.23. The molecule has 0 saturated heterocycles. The summed E-state index contributed by atoms with van der Waals surface area (Å²) in [5.74, 6) is 0. The molecule has 0 aliphatic carbocycles. The fraction of sp³-hybridized carbons (Fsp3) is 0.500. The Labute approximate surface area is 69.5 Å². The smallest absolute Gasteiger partial charge is 0.0293 e. The third-order valence-electron chi connectivity index (χ3n) is 1.23. The minimum Gasteiger partial charge on any atom is -0.265 e. The Kier molecular flexibility index (Phi) is 6.70. The van der Waals surface area contributed by atoms with E-state index in [0.29, 0.717) is 0 Å². The molecule has 0 aliphatic heterocycles. The van der Waals surface area contributed by atoms with Crippen LogP contribution in [0.2, 0.25) is 0 Å². The molecule has 0 saturated carbocycles. The van der Waals surface area contributed by atoms with Crippen LogP contribution < -0.4 is 0 Å². The Morgan fingerprint density at radius 2 is 2.00 bits per heavy atom. The van der Waals surface area contributed by atoms with E-state index in [2.05, 4.69) is 31.8 Å². The zero-order chi connectivity index (χ0) is 8.53. The maximum absolute atomic E-state index is 4.11. The zero-order valence-corrected chi connectivity index (χ0v) is 7.67. The van der Waals surface area contributed by atoms with Crippen molar-refractivity contribution < 1.29 is 0 Å². The van der Waals surface area contributed by atoms with Gasteiger partial charge in [0.2, 0.25) is 0 Å². The number of rotatable bonds is 4. The fourth-order valence-corrected chi connectivity index (χ4v) is 0.702. The zero-order valence-electron chi connectivity index (χ0n) is 7.67. The van der Waals surface area contributed by atoms with Crippen molar-refractivity contribution in [2.75, 3.05) is 0 Å². The van der Waals surface area contributed by atoms with E-state index in [1.807, 2.05) is 18.5 Å². The van der Waals surface area contributed by atoms with Crippen LogP contribution in [0.25, 0.3) is 0 Å². The quantitative estimate of drug-likeness (QED) is 0.546. The second-order valence-electron chi connectivity index (χ2n) is 2.43. The molecule has 1 nitrogen and oxygen atoms in total. The summed E-state index contributed by atoms with van der Waals surface area (Å²) in [4.78, 5) is 4.11. The van der Waals surface area contributed by atoms with Crippen LogP contribution in [0.3, 0.4) is 0 Å². The van der Waals surface area contributed by atoms with Crippen molar-refractivity contribution in [1.29, 1.82) is 0 Å². The topological polar surface area (TPSA) is 12.4 Å². The van der Waals surface area contributed by atoms with Crippen molar-refractivity contribution in [3.63, 3.8) is 0 Å². The average Bonchev–Trinajstić information content (AvgIpc) is 1.99. The number of hydrogen-bond acceptors (Lipinski definition) is 1. The first-order valence-corrected chi connectivity index (χ1v) is 4.16. The lowest BCUT2D eigenvalue weighted by Crippen LogP contribution is -1.74. The van der Waals surface area contributed by atoms with Gasteiger partial charge in [-0.25, -0.2) is 0 Å². The molecular formula is C10H17N. The lowest BCUT2D eigenvalue weighted by molar-refractivity contribution is 1.20. The molecular weight excluding hydrogens is 134 g/mol. The molecule has 0 bridgehead atoms. The van der Waals surface area contributed by atoms with Gasteiger partial charge in [-0.3, -0.25) is 4.99 Å². The summed E-state index contributed by atoms with van der Waals surface area (Å²) < 4.78 is 0. The average molecular weight is 151 g/mol. The summed E-state index contributed by atoms with van der Waals surface area (Å²) in [7, 11) is 0. The molecule has 0 aromatic heterocycles. The molecule has 0 unspecified atom stereocenters. The monoisotopic (exact) mass is 151 g/mol. The van der Waals surface area contributed by atoms with E-state index < -0.39 is 0 Å². The van der Waals surface area contributed by atoms with Crippen LogP contribution in [0.15, 0.2) is 28.9 Å². The lowest BCUT2D eigenvalue weighted by Gasteiger charge is -1.86. The second-order valence-corrected chi connectivity index (χ2v) is 2.43. The Bertz CT molecular complexity index is 164. The van der Waals surface area contributed by atoms with Gasteiger partial charge in [0, 0.05) is 12.4 Å². The van der Waals surface area contributed by atoms with Crippen molar-refractivity contribution >= 4 is 6.21 Å². The van der Waals surface area contributed by atoms with Crippen LogP contribution in [0.4, 0.5) is 0 Å². The van der Waals surface area contributed by atoms with Gasteiger partial charge >= 0.3 is 0 Å². The minimum atomic E-state index is 1.05. The van der Waals surface area contributed by atoms with Gasteiger partial charge in [0.1, 0.15) is 0 Å². The van der Waals surface area contributed by atoms with Gasteiger partial charge in [-0.2, -0.15) is 0 Å². The molecule has 1 heteroatoms. The molecule has 0 aliphatic rings. The molecule has 11 heavy (non-hydrogen) atoms. The number of allylic oxidation sites excluding steroid dienone is 3. The van der Waals surface area contributed by atoms with Crippen LogP contribution >= 0.6 is 0 Å². The van der Waals surface area contributed by atoms with Crippen molar-refractivity contribution in [3.8, 4) is 0 Å². The van der Waals surface area contributed by atoms with E-state index in [1.54, 1.807) is 0 Å². The Balaban J connectivity index is 3.73. The SMILES string of the molecule is CCC=C(C)C=N/C=C/CC. The van der Waals surface area contributed by atoms with Crippen LogP contribution in [0, 0.1) is 0 Å². The van der Waals surface area contributed by atoms with E-state index >= 15 is 0 Å². The number of hydrogen-bond donors (Lipinski definition) is 0. The van der Waals surface area contributed by atoms with Crippen molar-refractivity contribution in [2.45, 2.75) is 33.6 Å². The molecule has 0 fully saturated rings. The maximum atomic E-state index is 4.11. The molecule has 62 valence electrons. The highest BCUT2D eigenvalue weighted by Gasteiger charge is 1.76. The van der Waals surface area contributed by atoms with E-state index in [9.17, 15) is 0 Å². The predicted octanol–water partition coefficient (Wildman–Crippen LogP) is 3.34. The summed E-state index contributed by atoms with van der Waals surface area (Å²) >= 11 is 0. The Morgan fingerprint density at radius 3 is 2.55 bits per heavy atom. The number of aliphatic imine (C=N–C) groups is 1. The highest BCUT2D eigenvalue weighted by Crippen LogP contribution is 1.91. The normalized spacial score (nSPS) is 13.5. The van der Waals surface area contributed by atoms with Crippen molar-refractivity contribution in [2.24, 2.45) is 4.99 Å². The van der Waals surface area contributed by atoms with Gasteiger partial charge in [-0.1, -0.05) is 26.0 Å². The summed E-state index contributed by atoms with van der Waals surface area (Å²) in [6.45, 7) is 6.28.